The molecule has 0 amide bonds. The number of benzene rings is 7. The van der Waals surface area contributed by atoms with Crippen molar-refractivity contribution in [2.45, 2.75) is 20.8 Å². The van der Waals surface area contributed by atoms with Gasteiger partial charge in [0.1, 0.15) is 11.2 Å². The molecule has 0 spiro atoms. The van der Waals surface area contributed by atoms with E-state index < -0.39 is 0 Å². The van der Waals surface area contributed by atoms with Crippen molar-refractivity contribution in [3.8, 4) is 0 Å². The van der Waals surface area contributed by atoms with Crippen molar-refractivity contribution in [1.29, 1.82) is 0 Å². The van der Waals surface area contributed by atoms with Gasteiger partial charge >= 0.3 is 0 Å². The van der Waals surface area contributed by atoms with Gasteiger partial charge in [-0.3, -0.25) is 0 Å². The number of aryl methyl sites for hydroxylation is 3. The first-order chi connectivity index (χ1) is 19.5. The summed E-state index contributed by atoms with van der Waals surface area (Å²) in [6, 6.07) is 37.8. The molecule has 3 heteroatoms. The van der Waals surface area contributed by atoms with Crippen molar-refractivity contribution >= 4 is 93.3 Å². The van der Waals surface area contributed by atoms with Crippen molar-refractivity contribution in [3.63, 3.8) is 0 Å². The van der Waals surface area contributed by atoms with Gasteiger partial charge in [-0.1, -0.05) is 135 Å². The topological polar surface area (TPSA) is 13.1 Å². The summed E-state index contributed by atoms with van der Waals surface area (Å²) in [5, 5.41) is 10.1. The molecule has 8 aromatic rings. The second-order valence-corrected chi connectivity index (χ2v) is 12.0. The Hall–Kier alpha value is -4.08. The van der Waals surface area contributed by atoms with Gasteiger partial charge in [-0.15, -0.1) is 0 Å². The number of fused-ring (bicyclic) bond motifs is 3. The summed E-state index contributed by atoms with van der Waals surface area (Å²) < 4.78 is 7.78. The number of halogens is 1. The Bertz CT molecular complexity index is 2250. The minimum Gasteiger partial charge on any atom is -0.457 e. The van der Waals surface area contributed by atoms with Crippen LogP contribution in [0.5, 0.6) is 0 Å². The molecule has 190 valence electrons. The molecule has 0 saturated heterocycles. The van der Waals surface area contributed by atoms with E-state index in [4.69, 9.17) is 4.42 Å². The molecule has 1 nitrogen and oxygen atoms in total. The van der Waals surface area contributed by atoms with Crippen LogP contribution in [0.3, 0.4) is 0 Å². The Morgan fingerprint density at radius 3 is 2.02 bits per heavy atom. The van der Waals surface area contributed by atoms with E-state index in [1.807, 2.05) is 0 Å². The summed E-state index contributed by atoms with van der Waals surface area (Å²) in [4.78, 5) is 0. The monoisotopic (exact) mass is 576 g/mol. The highest BCUT2D eigenvalue weighted by Gasteiger charge is 2.30. The third kappa shape index (κ3) is 3.34. The second-order valence-electron chi connectivity index (χ2n) is 11.2. The maximum atomic E-state index is 6.65. The fraction of sp³-hybridized carbons (Fsp3) is 0.0811. The van der Waals surface area contributed by atoms with Crippen molar-refractivity contribution in [1.82, 2.24) is 0 Å². The third-order valence-electron chi connectivity index (χ3n) is 8.73. The van der Waals surface area contributed by atoms with Crippen molar-refractivity contribution in [3.05, 3.63) is 124 Å². The lowest BCUT2D eigenvalue weighted by atomic mass is 9.34. The number of furan rings is 1. The molecule has 1 heterocycles. The molecule has 40 heavy (non-hydrogen) atoms. The Balaban J connectivity index is 1.53. The molecule has 0 bridgehead atoms. The van der Waals surface area contributed by atoms with Crippen LogP contribution in [0.2, 0.25) is 0 Å². The molecule has 0 atom stereocenters. The molecule has 8 rings (SSSR count). The van der Waals surface area contributed by atoms with Crippen molar-refractivity contribution < 1.29 is 4.42 Å². The highest BCUT2D eigenvalue weighted by Crippen LogP contribution is 2.37. The van der Waals surface area contributed by atoms with E-state index >= 15 is 0 Å². The Morgan fingerprint density at radius 1 is 0.575 bits per heavy atom. The lowest BCUT2D eigenvalue weighted by molar-refractivity contribution is 0.671. The van der Waals surface area contributed by atoms with Crippen LogP contribution in [0.1, 0.15) is 16.7 Å². The van der Waals surface area contributed by atoms with Crippen LogP contribution < -0.4 is 16.4 Å². The Kier molecular flexibility index (Phi) is 5.18. The minimum atomic E-state index is 0.0119. The smallest absolute Gasteiger partial charge is 0.247 e. The zero-order chi connectivity index (χ0) is 27.1. The van der Waals surface area contributed by atoms with Gasteiger partial charge in [0.2, 0.25) is 6.71 Å². The van der Waals surface area contributed by atoms with Crippen LogP contribution in [-0.2, 0) is 0 Å². The van der Waals surface area contributed by atoms with E-state index in [2.05, 4.69) is 140 Å². The zero-order valence-electron chi connectivity index (χ0n) is 22.7. The summed E-state index contributed by atoms with van der Waals surface area (Å²) in [5.41, 5.74) is 9.69. The number of rotatable bonds is 3. The Labute approximate surface area is 242 Å². The molecular weight excluding hydrogens is 551 g/mol. The highest BCUT2D eigenvalue weighted by molar-refractivity contribution is 9.10. The van der Waals surface area contributed by atoms with Gasteiger partial charge in [-0.25, -0.2) is 0 Å². The normalized spacial score (nSPS) is 12.0. The standard InChI is InChI=1S/C37H26BBrO/c1-21-19-22(2)36(23(3)20-21)38(31-9-6-8-27-26-7-4-5-10-33(26)40-37(27)31)30-17-13-24-12-16-29-32(39)18-14-25-11-15-28(30)34(24)35(25)29/h4-20H,1-3H3. The average molecular weight is 577 g/mol. The van der Waals surface area contributed by atoms with Gasteiger partial charge in [0.05, 0.1) is 0 Å². The first kappa shape index (κ1) is 23.8. The van der Waals surface area contributed by atoms with Gasteiger partial charge in [-0.2, -0.15) is 0 Å². The fourth-order valence-electron chi connectivity index (χ4n) is 7.16. The lowest BCUT2D eigenvalue weighted by Crippen LogP contribution is -2.54. The first-order valence-corrected chi connectivity index (χ1v) is 14.6. The molecule has 1 aromatic heterocycles. The van der Waals surface area contributed by atoms with Crippen molar-refractivity contribution in [2.24, 2.45) is 0 Å². The summed E-state index contributed by atoms with van der Waals surface area (Å²) in [7, 11) is 0. The van der Waals surface area contributed by atoms with E-state index in [-0.39, 0.29) is 6.71 Å². The summed E-state index contributed by atoms with van der Waals surface area (Å²) in [6.07, 6.45) is 0. The summed E-state index contributed by atoms with van der Waals surface area (Å²) >= 11 is 3.82. The SMILES string of the molecule is Cc1cc(C)c(B(c2ccc3ccc4c(Br)ccc5ccc2c3c54)c2cccc3c2oc2ccccc23)c(C)c1. The van der Waals surface area contributed by atoms with Crippen LogP contribution in [0.15, 0.2) is 112 Å². The maximum Gasteiger partial charge on any atom is 0.247 e. The van der Waals surface area contributed by atoms with Crippen molar-refractivity contribution in [2.75, 3.05) is 0 Å². The average Bonchev–Trinajstić information content (AvgIpc) is 3.34. The molecule has 0 aliphatic carbocycles. The van der Waals surface area contributed by atoms with E-state index in [1.54, 1.807) is 0 Å². The quantitative estimate of drug-likeness (QED) is 0.151. The summed E-state index contributed by atoms with van der Waals surface area (Å²) in [6.45, 7) is 6.72. The number of para-hydroxylation sites is 2. The van der Waals surface area contributed by atoms with Gasteiger partial charge < -0.3 is 4.42 Å². The van der Waals surface area contributed by atoms with Crippen LogP contribution in [-0.4, -0.2) is 6.71 Å². The molecule has 0 saturated carbocycles. The predicted molar refractivity (Wildman–Crippen MR) is 177 cm³/mol. The summed E-state index contributed by atoms with van der Waals surface area (Å²) in [5.74, 6) is 0. The zero-order valence-corrected chi connectivity index (χ0v) is 24.3. The number of hydrogen-bond acceptors (Lipinski definition) is 1. The molecule has 0 N–H and O–H groups in total. The molecule has 0 aliphatic rings. The minimum absolute atomic E-state index is 0.0119. The fourth-order valence-corrected chi connectivity index (χ4v) is 7.62. The van der Waals surface area contributed by atoms with Gasteiger partial charge in [0, 0.05) is 15.2 Å². The van der Waals surface area contributed by atoms with Crippen LogP contribution in [0.25, 0.3) is 54.3 Å². The maximum absolute atomic E-state index is 6.65. The largest absolute Gasteiger partial charge is 0.457 e. The molecule has 0 unspecified atom stereocenters. The highest BCUT2D eigenvalue weighted by atomic mass is 79.9. The molecular formula is C37H26BBrO. The lowest BCUT2D eigenvalue weighted by Gasteiger charge is -2.23. The number of hydrogen-bond donors (Lipinski definition) is 0. The first-order valence-electron chi connectivity index (χ1n) is 13.8. The van der Waals surface area contributed by atoms with Gasteiger partial charge in [0.15, 0.2) is 0 Å². The predicted octanol–water partition coefficient (Wildman–Crippen LogP) is 8.69. The van der Waals surface area contributed by atoms with Crippen LogP contribution in [0, 0.1) is 20.8 Å². The van der Waals surface area contributed by atoms with E-state index in [1.165, 1.54) is 70.8 Å². The van der Waals surface area contributed by atoms with E-state index in [0.29, 0.717) is 0 Å². The van der Waals surface area contributed by atoms with Gasteiger partial charge in [-0.05, 0) is 70.7 Å². The van der Waals surface area contributed by atoms with Gasteiger partial charge in [0.25, 0.3) is 0 Å². The third-order valence-corrected chi connectivity index (χ3v) is 9.42. The Morgan fingerprint density at radius 2 is 1.23 bits per heavy atom. The molecule has 7 aromatic carbocycles. The van der Waals surface area contributed by atoms with E-state index in [0.717, 1.165) is 21.0 Å². The molecule has 0 aliphatic heterocycles. The molecule has 0 radical (unpaired) electrons. The van der Waals surface area contributed by atoms with Crippen LogP contribution >= 0.6 is 15.9 Å². The second kappa shape index (κ2) is 8.71. The van der Waals surface area contributed by atoms with E-state index in [9.17, 15) is 0 Å². The molecule has 0 fully saturated rings. The van der Waals surface area contributed by atoms with Crippen LogP contribution in [0.4, 0.5) is 0 Å².